The van der Waals surface area contributed by atoms with E-state index >= 15 is 0 Å². The van der Waals surface area contributed by atoms with E-state index < -0.39 is 0 Å². The second kappa shape index (κ2) is 5.82. The predicted molar refractivity (Wildman–Crippen MR) is 80.4 cm³/mol. The molecule has 0 atom stereocenters. The number of carbonyl (C=O) groups is 1. The van der Waals surface area contributed by atoms with Gasteiger partial charge >= 0.3 is 6.03 Å². The molecule has 21 heavy (non-hydrogen) atoms. The summed E-state index contributed by atoms with van der Waals surface area (Å²) in [4.78, 5) is 14.1. The highest BCUT2D eigenvalue weighted by Gasteiger charge is 2.17. The zero-order valence-electron chi connectivity index (χ0n) is 11.9. The van der Waals surface area contributed by atoms with Gasteiger partial charge in [0.2, 0.25) is 0 Å². The van der Waals surface area contributed by atoms with Crippen LogP contribution in [0.15, 0.2) is 30.5 Å². The third-order valence-corrected chi connectivity index (χ3v) is 3.61. The number of benzene rings is 1. The Labute approximate surface area is 122 Å². The van der Waals surface area contributed by atoms with Gasteiger partial charge < -0.3 is 10.2 Å². The van der Waals surface area contributed by atoms with E-state index in [9.17, 15) is 4.79 Å². The van der Waals surface area contributed by atoms with Gasteiger partial charge in [-0.25, -0.2) is 9.48 Å². The highest BCUT2D eigenvalue weighted by Crippen LogP contribution is 2.26. The lowest BCUT2D eigenvalue weighted by atomic mass is 10.2. The van der Waals surface area contributed by atoms with Crippen molar-refractivity contribution in [1.29, 1.82) is 0 Å². The Hall–Kier alpha value is -2.57. The molecule has 3 rings (SSSR count). The van der Waals surface area contributed by atoms with Crippen LogP contribution >= 0.6 is 0 Å². The molecule has 7 heteroatoms. The van der Waals surface area contributed by atoms with Gasteiger partial charge in [-0.05, 0) is 18.1 Å². The summed E-state index contributed by atoms with van der Waals surface area (Å²) in [5, 5.41) is 13.0. The molecular weight excluding hydrogens is 268 g/mol. The number of nitrogens with zero attached hydrogens (tertiary/aromatic N) is 4. The Bertz CT molecular complexity index is 638. The van der Waals surface area contributed by atoms with E-state index in [1.807, 2.05) is 6.07 Å². The number of hydrogen-bond donors (Lipinski definition) is 2. The smallest absolute Gasteiger partial charge is 0.320 e. The summed E-state index contributed by atoms with van der Waals surface area (Å²) in [6.45, 7) is 2.40. The molecule has 0 unspecified atom stereocenters. The summed E-state index contributed by atoms with van der Waals surface area (Å²) in [5.41, 5.74) is 2.65. The fourth-order valence-corrected chi connectivity index (χ4v) is 2.51. The maximum absolute atomic E-state index is 11.8. The minimum absolute atomic E-state index is 0.243. The van der Waals surface area contributed by atoms with E-state index in [2.05, 4.69) is 44.0 Å². The number of para-hydroxylation sites is 1. The van der Waals surface area contributed by atoms with Gasteiger partial charge in [0.05, 0.1) is 6.20 Å². The number of anilines is 2. The zero-order chi connectivity index (χ0) is 14.7. The molecule has 110 valence electrons. The maximum Gasteiger partial charge on any atom is 0.320 e. The number of aryl methyl sites for hydroxylation is 1. The minimum Gasteiger partial charge on any atom is -0.369 e. The number of urea groups is 1. The average Bonchev–Trinajstić information content (AvgIpc) is 3.07. The van der Waals surface area contributed by atoms with Crippen LogP contribution in [-0.2, 0) is 13.5 Å². The largest absolute Gasteiger partial charge is 0.369 e. The molecular formula is C14H18N6O. The van der Waals surface area contributed by atoms with Crippen LogP contribution in [0.3, 0.4) is 0 Å². The topological polar surface area (TPSA) is 75.1 Å². The summed E-state index contributed by atoms with van der Waals surface area (Å²) in [5.74, 6) is 0.569. The van der Waals surface area contributed by atoms with Crippen LogP contribution in [0, 0.1) is 0 Å². The van der Waals surface area contributed by atoms with Crippen LogP contribution in [0.5, 0.6) is 0 Å². The van der Waals surface area contributed by atoms with Crippen molar-refractivity contribution < 1.29 is 4.79 Å². The Kier molecular flexibility index (Phi) is 3.72. The molecule has 7 nitrogen and oxygen atoms in total. The van der Waals surface area contributed by atoms with Crippen molar-refractivity contribution in [3.05, 3.63) is 36.0 Å². The molecule has 2 heterocycles. The Morgan fingerprint density at radius 3 is 3.05 bits per heavy atom. The number of hydrogen-bond acceptors (Lipinski definition) is 4. The second-order valence-electron chi connectivity index (χ2n) is 4.99. The molecule has 1 aliphatic rings. The van der Waals surface area contributed by atoms with E-state index in [0.717, 1.165) is 19.5 Å². The molecule has 0 bridgehead atoms. The van der Waals surface area contributed by atoms with Gasteiger partial charge in [0.15, 0.2) is 5.82 Å². The van der Waals surface area contributed by atoms with Gasteiger partial charge in [-0.15, -0.1) is 5.10 Å². The maximum atomic E-state index is 11.8. The second-order valence-corrected chi connectivity index (χ2v) is 4.99. The van der Waals surface area contributed by atoms with Crippen molar-refractivity contribution >= 4 is 17.5 Å². The number of rotatable bonds is 4. The number of aromatic nitrogens is 3. The summed E-state index contributed by atoms with van der Waals surface area (Å²) in [6, 6.07) is 8.16. The normalized spacial score (nSPS) is 13.1. The first-order valence-corrected chi connectivity index (χ1v) is 6.96. The fourth-order valence-electron chi connectivity index (χ4n) is 2.51. The molecule has 1 aliphatic heterocycles. The molecule has 1 aromatic carbocycles. The quantitative estimate of drug-likeness (QED) is 0.879. The predicted octanol–water partition coefficient (Wildman–Crippen LogP) is 0.999. The number of nitrogens with one attached hydrogen (secondary N) is 2. The lowest BCUT2D eigenvalue weighted by molar-refractivity contribution is 0.252. The van der Waals surface area contributed by atoms with Crippen LogP contribution in [0.25, 0.3) is 0 Å². The summed E-state index contributed by atoms with van der Waals surface area (Å²) in [7, 11) is 1.73. The molecule has 2 aromatic rings. The first kappa shape index (κ1) is 13.4. The first-order valence-electron chi connectivity index (χ1n) is 6.96. The van der Waals surface area contributed by atoms with Crippen LogP contribution in [0.4, 0.5) is 16.3 Å². The number of amides is 2. The van der Waals surface area contributed by atoms with E-state index in [-0.39, 0.29) is 6.03 Å². The van der Waals surface area contributed by atoms with Crippen molar-refractivity contribution in [2.75, 3.05) is 29.9 Å². The standard InChI is InChI=1S/C14H18N6O/c1-19-13(10-16-18-19)17-14(21)15-7-9-20-8-6-11-4-2-3-5-12(11)20/h2-5,10H,6-9H2,1H3,(H2,15,17,21). The van der Waals surface area contributed by atoms with Gasteiger partial charge in [0.25, 0.3) is 0 Å². The van der Waals surface area contributed by atoms with E-state index in [0.29, 0.717) is 12.4 Å². The van der Waals surface area contributed by atoms with Gasteiger partial charge in [-0.2, -0.15) is 0 Å². The van der Waals surface area contributed by atoms with Gasteiger partial charge in [0, 0.05) is 32.4 Å². The van der Waals surface area contributed by atoms with Crippen molar-refractivity contribution in [1.82, 2.24) is 20.3 Å². The molecule has 0 fully saturated rings. The lowest BCUT2D eigenvalue weighted by Crippen LogP contribution is -2.36. The SMILES string of the molecule is Cn1nncc1NC(=O)NCCN1CCc2ccccc21. The minimum atomic E-state index is -0.243. The van der Waals surface area contributed by atoms with Gasteiger partial charge in [-0.3, -0.25) is 5.32 Å². The molecule has 0 spiro atoms. The van der Waals surface area contributed by atoms with E-state index in [4.69, 9.17) is 0 Å². The molecule has 2 amide bonds. The number of carbonyl (C=O) groups excluding carboxylic acids is 1. The van der Waals surface area contributed by atoms with Gasteiger partial charge in [-0.1, -0.05) is 23.4 Å². The van der Waals surface area contributed by atoms with Crippen LogP contribution in [0.2, 0.25) is 0 Å². The van der Waals surface area contributed by atoms with Gasteiger partial charge in [0.1, 0.15) is 0 Å². The average molecular weight is 286 g/mol. The molecule has 0 saturated carbocycles. The summed E-state index contributed by atoms with van der Waals surface area (Å²) < 4.78 is 1.51. The molecule has 1 aromatic heterocycles. The van der Waals surface area contributed by atoms with Crippen molar-refractivity contribution in [3.63, 3.8) is 0 Å². The van der Waals surface area contributed by atoms with Crippen molar-refractivity contribution in [2.24, 2.45) is 7.05 Å². The summed E-state index contributed by atoms with van der Waals surface area (Å²) in [6.07, 6.45) is 2.58. The fraction of sp³-hybridized carbons (Fsp3) is 0.357. The van der Waals surface area contributed by atoms with Crippen LogP contribution in [0.1, 0.15) is 5.56 Å². The van der Waals surface area contributed by atoms with Crippen molar-refractivity contribution in [3.8, 4) is 0 Å². The third-order valence-electron chi connectivity index (χ3n) is 3.61. The molecule has 0 saturated heterocycles. The first-order chi connectivity index (χ1) is 10.2. The molecule has 0 radical (unpaired) electrons. The van der Waals surface area contributed by atoms with E-state index in [1.54, 1.807) is 7.05 Å². The van der Waals surface area contributed by atoms with Crippen LogP contribution < -0.4 is 15.5 Å². The molecule has 0 aliphatic carbocycles. The summed E-state index contributed by atoms with van der Waals surface area (Å²) >= 11 is 0. The lowest BCUT2D eigenvalue weighted by Gasteiger charge is -2.19. The Balaban J connectivity index is 1.47. The van der Waals surface area contributed by atoms with Crippen molar-refractivity contribution in [2.45, 2.75) is 6.42 Å². The Morgan fingerprint density at radius 1 is 1.38 bits per heavy atom. The monoisotopic (exact) mass is 286 g/mol. The van der Waals surface area contributed by atoms with Crippen LogP contribution in [-0.4, -0.2) is 40.7 Å². The highest BCUT2D eigenvalue weighted by atomic mass is 16.2. The van der Waals surface area contributed by atoms with E-state index in [1.165, 1.54) is 22.1 Å². The third kappa shape index (κ3) is 2.96. The molecule has 2 N–H and O–H groups in total. The highest BCUT2D eigenvalue weighted by molar-refractivity contribution is 5.88. The zero-order valence-corrected chi connectivity index (χ0v) is 11.9. The number of fused-ring (bicyclic) bond motifs is 1. The Morgan fingerprint density at radius 2 is 2.24 bits per heavy atom.